The molecule has 0 bridgehead atoms. The lowest BCUT2D eigenvalue weighted by atomic mass is 9.63. The number of rotatable bonds is 6. The van der Waals surface area contributed by atoms with E-state index in [1.807, 2.05) is 11.1 Å². The first kappa shape index (κ1) is 23.2. The molecule has 1 saturated carbocycles. The van der Waals surface area contributed by atoms with Gasteiger partial charge >= 0.3 is 0 Å². The first-order chi connectivity index (χ1) is 24.2. The van der Waals surface area contributed by atoms with Crippen molar-refractivity contribution in [3.8, 4) is 0 Å². The van der Waals surface area contributed by atoms with E-state index in [0.29, 0.717) is 31.0 Å². The van der Waals surface area contributed by atoms with Crippen LogP contribution in [0.4, 0.5) is 0 Å². The minimum absolute atomic E-state index is 0.219. The first-order valence-corrected chi connectivity index (χ1v) is 18.8. The lowest BCUT2D eigenvalue weighted by Gasteiger charge is -2.39. The molecule has 6 aliphatic carbocycles. The fourth-order valence-corrected chi connectivity index (χ4v) is 15.3. The zero-order valence-corrected chi connectivity index (χ0v) is 27.2. The van der Waals surface area contributed by atoms with Gasteiger partial charge in [0.15, 0.2) is 0 Å². The van der Waals surface area contributed by atoms with Crippen LogP contribution in [-0.2, 0) is 15.9 Å². The molecular weight excluding hydrogens is 599 g/mol. The number of likely N-dealkylation sites (tertiary alicyclic amines) is 1. The fraction of sp³-hybridized carbons (Fsp3) is 0.304. The Morgan fingerprint density at radius 3 is 2.35 bits per heavy atom. The largest absolute Gasteiger partial charge is 0.382 e. The summed E-state index contributed by atoms with van der Waals surface area (Å²) in [5, 5.41) is 35.7. The zero-order chi connectivity index (χ0) is 30.7. The molecule has 7 aliphatic rings. The van der Waals surface area contributed by atoms with Crippen LogP contribution in [0.1, 0.15) is 29.9 Å². The van der Waals surface area contributed by atoms with E-state index in [1.54, 1.807) is 125 Å². The van der Waals surface area contributed by atoms with Crippen molar-refractivity contribution in [3.63, 3.8) is 0 Å². The maximum Gasteiger partial charge on any atom is 0.0700 e. The van der Waals surface area contributed by atoms with Crippen molar-refractivity contribution >= 4 is 120 Å². The van der Waals surface area contributed by atoms with E-state index < -0.39 is 0 Å². The smallest absolute Gasteiger partial charge is 0.0700 e. The van der Waals surface area contributed by atoms with Gasteiger partial charge in [-0.2, -0.15) is 0 Å². The molecule has 17 rings (SSSR count). The topological polar surface area (TPSA) is 21.7 Å². The first-order valence-electron chi connectivity index (χ1n) is 18.8. The van der Waals surface area contributed by atoms with Gasteiger partial charge in [-0.15, -0.1) is 0 Å². The maximum atomic E-state index is 6.09. The van der Waals surface area contributed by atoms with Gasteiger partial charge in [0.1, 0.15) is 0 Å². The lowest BCUT2D eigenvalue weighted by Crippen LogP contribution is -2.46. The predicted molar refractivity (Wildman–Crippen MR) is 200 cm³/mol. The van der Waals surface area contributed by atoms with E-state index in [0.717, 1.165) is 19.6 Å². The quantitative estimate of drug-likeness (QED) is 0.166. The molecule has 1 saturated heterocycles. The van der Waals surface area contributed by atoms with E-state index in [-0.39, 0.29) is 5.41 Å². The molecule has 2 fully saturated rings. The van der Waals surface area contributed by atoms with E-state index in [4.69, 9.17) is 9.47 Å². The third-order valence-electron chi connectivity index (χ3n) is 16.1. The highest BCUT2D eigenvalue weighted by molar-refractivity contribution is 6.59. The Hall–Kier alpha value is -4.28. The number of benzene rings is 6. The summed E-state index contributed by atoms with van der Waals surface area (Å²) in [6.07, 6.45) is 6.41. The van der Waals surface area contributed by atoms with Gasteiger partial charge in [0.2, 0.25) is 0 Å². The summed E-state index contributed by atoms with van der Waals surface area (Å²) in [4.78, 5) is 2.81. The lowest BCUT2D eigenvalue weighted by molar-refractivity contribution is 0.0593. The Kier molecular flexibility index (Phi) is 3.08. The van der Waals surface area contributed by atoms with E-state index in [1.165, 1.54) is 42.1 Å². The molecule has 49 heavy (non-hydrogen) atoms. The molecule has 0 aromatic heterocycles. The Bertz CT molecular complexity index is 3570. The van der Waals surface area contributed by atoms with Gasteiger partial charge < -0.3 is 9.47 Å². The molecule has 230 valence electrons. The number of ether oxygens (including phenoxy) is 2. The summed E-state index contributed by atoms with van der Waals surface area (Å²) in [6.45, 7) is 5.54. The molecule has 1 spiro atoms. The molecule has 3 heteroatoms. The van der Waals surface area contributed by atoms with Crippen molar-refractivity contribution in [2.24, 2.45) is 17.3 Å². The van der Waals surface area contributed by atoms with Crippen LogP contribution in [0.3, 0.4) is 0 Å². The molecule has 1 heterocycles. The monoisotopic (exact) mass is 627 g/mol. The van der Waals surface area contributed by atoms with Crippen molar-refractivity contribution in [3.05, 3.63) is 56.3 Å². The highest BCUT2D eigenvalue weighted by atomic mass is 16.5. The number of nitrogens with zero attached hydrogens (tertiary/aromatic N) is 1. The van der Waals surface area contributed by atoms with Crippen molar-refractivity contribution in [2.75, 3.05) is 46.6 Å². The Labute approximate surface area is 278 Å². The molecule has 10 aromatic rings. The Morgan fingerprint density at radius 2 is 1.45 bits per heavy atom. The van der Waals surface area contributed by atoms with E-state index in [2.05, 4.69) is 35.2 Å². The number of fused-ring (bicyclic) bond motifs is 1. The average molecular weight is 628 g/mol. The van der Waals surface area contributed by atoms with E-state index >= 15 is 0 Å². The van der Waals surface area contributed by atoms with E-state index in [9.17, 15) is 0 Å². The molecule has 4 atom stereocenters. The van der Waals surface area contributed by atoms with Crippen LogP contribution in [0.15, 0.2) is 24.3 Å². The molecule has 10 aromatic carbocycles. The molecular formula is C46H29NO2. The standard InChI is InChI=1S/C46H29NO2/c1-48-4-5-49-3-2-47-14-24-23-12-21-10-18-8-19-7-16-6-17-9-20-11-22-13-46(24,15-47)45-31(22)36-30(20)35-26(17)25(16)33-29(19)34-27(18)28(21)37-32(23)44(45)43-41(36)39(35)38(33)40(34)42(37)43/h6-9,11,22,24,31H,2-5,10,12-15H2,1H3. The highest BCUT2D eigenvalue weighted by Crippen LogP contribution is 2.70. The SMILES string of the molecule is COCCOCCN1CC2C3=c4c5c6c7c8c9c(cc%10cc%11cc%12cc%13c%14c(c4c6c4c%14c%12c6c%11c%10c9c7c64)=C(C3)C%13)=CC3CC2(C1)C=5C83. The van der Waals surface area contributed by atoms with Crippen LogP contribution in [-0.4, -0.2) is 51.5 Å². The zero-order valence-electron chi connectivity index (χ0n) is 27.2. The summed E-state index contributed by atoms with van der Waals surface area (Å²) < 4.78 is 11.4. The summed E-state index contributed by atoms with van der Waals surface area (Å²) in [5.41, 5.74) is 9.01. The molecule has 0 N–H and O–H groups in total. The van der Waals surface area contributed by atoms with Gasteiger partial charge in [-0.25, -0.2) is 0 Å². The van der Waals surface area contributed by atoms with Crippen LogP contribution in [0, 0.1) is 17.3 Å². The minimum atomic E-state index is 0.219. The van der Waals surface area contributed by atoms with Gasteiger partial charge in [-0.05, 0) is 178 Å². The normalized spacial score (nSPS) is 27.6. The molecule has 0 amide bonds. The van der Waals surface area contributed by atoms with Crippen LogP contribution >= 0.6 is 0 Å². The highest BCUT2D eigenvalue weighted by Gasteiger charge is 2.62. The van der Waals surface area contributed by atoms with Gasteiger partial charge in [0.25, 0.3) is 0 Å². The van der Waals surface area contributed by atoms with Gasteiger partial charge in [-0.1, -0.05) is 23.3 Å². The van der Waals surface area contributed by atoms with Crippen LogP contribution in [0.2, 0.25) is 0 Å². The molecule has 1 aliphatic heterocycles. The second-order valence-electron chi connectivity index (χ2n) is 17.5. The third kappa shape index (κ3) is 1.89. The summed E-state index contributed by atoms with van der Waals surface area (Å²) in [7, 11) is 1.77. The molecule has 4 unspecified atom stereocenters. The van der Waals surface area contributed by atoms with Crippen molar-refractivity contribution < 1.29 is 9.47 Å². The van der Waals surface area contributed by atoms with Gasteiger partial charge in [0, 0.05) is 44.0 Å². The maximum absolute atomic E-state index is 6.09. The van der Waals surface area contributed by atoms with Gasteiger partial charge in [0.05, 0.1) is 19.8 Å². The summed E-state index contributed by atoms with van der Waals surface area (Å²) in [6, 6.07) is 10.4. The fourth-order valence-electron chi connectivity index (χ4n) is 15.3. The second kappa shape index (κ2) is 6.51. The van der Waals surface area contributed by atoms with Crippen LogP contribution in [0.25, 0.3) is 120 Å². The Morgan fingerprint density at radius 1 is 0.694 bits per heavy atom. The van der Waals surface area contributed by atoms with Crippen LogP contribution in [0.5, 0.6) is 0 Å². The van der Waals surface area contributed by atoms with Gasteiger partial charge in [-0.3, -0.25) is 4.90 Å². The summed E-state index contributed by atoms with van der Waals surface area (Å²) >= 11 is 0. The number of hydrogen-bond donors (Lipinski definition) is 0. The molecule has 0 radical (unpaired) electrons. The second-order valence-corrected chi connectivity index (χ2v) is 17.5. The Balaban J connectivity index is 1.16. The number of methoxy groups -OCH3 is 1. The molecule has 3 nitrogen and oxygen atoms in total. The van der Waals surface area contributed by atoms with Crippen LogP contribution < -0.4 is 20.9 Å². The third-order valence-corrected chi connectivity index (χ3v) is 16.1. The van der Waals surface area contributed by atoms with Crippen molar-refractivity contribution in [2.45, 2.75) is 25.2 Å². The summed E-state index contributed by atoms with van der Waals surface area (Å²) in [5.74, 6) is 1.71. The predicted octanol–water partition coefficient (Wildman–Crippen LogP) is 6.05. The average Bonchev–Trinajstić information content (AvgIpc) is 3.94. The van der Waals surface area contributed by atoms with Crippen molar-refractivity contribution in [1.29, 1.82) is 0 Å². The number of hydrogen-bond acceptors (Lipinski definition) is 3. The minimum Gasteiger partial charge on any atom is -0.382 e. The van der Waals surface area contributed by atoms with Crippen molar-refractivity contribution in [1.82, 2.24) is 4.90 Å².